The van der Waals surface area contributed by atoms with E-state index in [0.717, 1.165) is 5.56 Å². The zero-order valence-corrected chi connectivity index (χ0v) is 10.4. The molecule has 0 aliphatic carbocycles. The van der Waals surface area contributed by atoms with Crippen molar-refractivity contribution in [3.8, 4) is 0 Å². The van der Waals surface area contributed by atoms with E-state index in [1.54, 1.807) is 0 Å². The molecule has 0 aliphatic rings. The van der Waals surface area contributed by atoms with Gasteiger partial charge in [0.05, 0.1) is 0 Å². The van der Waals surface area contributed by atoms with Gasteiger partial charge in [0.15, 0.2) is 0 Å². The van der Waals surface area contributed by atoms with Crippen molar-refractivity contribution in [2.45, 2.75) is 6.04 Å². The molecule has 0 radical (unpaired) electrons. The molecule has 0 saturated carbocycles. The summed E-state index contributed by atoms with van der Waals surface area (Å²) in [5, 5.41) is 2.41. The van der Waals surface area contributed by atoms with Gasteiger partial charge in [0.2, 0.25) is 0 Å². The quantitative estimate of drug-likeness (QED) is 0.844. The fraction of sp³-hybridized carbons (Fsp3) is 0.286. The molecule has 0 fully saturated rings. The van der Waals surface area contributed by atoms with Crippen LogP contribution in [0.3, 0.4) is 0 Å². The highest BCUT2D eigenvalue weighted by Gasteiger charge is 2.11. The Bertz CT molecular complexity index is 520. The van der Waals surface area contributed by atoms with Gasteiger partial charge in [0, 0.05) is 37.8 Å². The summed E-state index contributed by atoms with van der Waals surface area (Å²) >= 11 is 0. The van der Waals surface area contributed by atoms with Crippen molar-refractivity contribution >= 4 is 16.5 Å². The molecule has 0 heterocycles. The third-order valence-electron chi connectivity index (χ3n) is 3.07. The van der Waals surface area contributed by atoms with E-state index >= 15 is 0 Å². The van der Waals surface area contributed by atoms with Gasteiger partial charge in [-0.25, -0.2) is 0 Å². The number of hydrogen-bond acceptors (Lipinski definition) is 3. The molecule has 1 unspecified atom stereocenters. The number of anilines is 1. The second-order valence-corrected chi connectivity index (χ2v) is 4.46. The van der Waals surface area contributed by atoms with Crippen molar-refractivity contribution < 1.29 is 0 Å². The highest BCUT2D eigenvalue weighted by Crippen LogP contribution is 2.30. The van der Waals surface area contributed by atoms with E-state index in [2.05, 4.69) is 29.2 Å². The fourth-order valence-corrected chi connectivity index (χ4v) is 2.15. The predicted octanol–water partition coefficient (Wildman–Crippen LogP) is 1.86. The Labute approximate surface area is 102 Å². The lowest BCUT2D eigenvalue weighted by Crippen LogP contribution is -2.21. The molecule has 3 nitrogen and oxygen atoms in total. The Morgan fingerprint density at radius 2 is 1.71 bits per heavy atom. The summed E-state index contributed by atoms with van der Waals surface area (Å²) in [6.07, 6.45) is 0. The van der Waals surface area contributed by atoms with Crippen LogP contribution in [0.5, 0.6) is 0 Å². The SMILES string of the molecule is CN(C)c1ccc(C(N)CN)c2ccccc12. The Morgan fingerprint density at radius 3 is 2.29 bits per heavy atom. The molecular weight excluding hydrogens is 210 g/mol. The summed E-state index contributed by atoms with van der Waals surface area (Å²) in [6, 6.07) is 12.4. The van der Waals surface area contributed by atoms with E-state index in [9.17, 15) is 0 Å². The lowest BCUT2D eigenvalue weighted by atomic mass is 9.97. The molecule has 3 heteroatoms. The largest absolute Gasteiger partial charge is 0.377 e. The second-order valence-electron chi connectivity index (χ2n) is 4.46. The number of benzene rings is 2. The molecule has 17 heavy (non-hydrogen) atoms. The zero-order valence-electron chi connectivity index (χ0n) is 10.4. The molecule has 4 N–H and O–H groups in total. The molecule has 90 valence electrons. The summed E-state index contributed by atoms with van der Waals surface area (Å²) in [5.74, 6) is 0. The second kappa shape index (κ2) is 4.73. The smallest absolute Gasteiger partial charge is 0.0440 e. The van der Waals surface area contributed by atoms with Crippen molar-refractivity contribution in [1.29, 1.82) is 0 Å². The molecule has 2 rings (SSSR count). The number of hydrogen-bond donors (Lipinski definition) is 2. The van der Waals surface area contributed by atoms with Gasteiger partial charge in [0.1, 0.15) is 0 Å². The minimum atomic E-state index is -0.101. The van der Waals surface area contributed by atoms with E-state index in [1.165, 1.54) is 16.5 Å². The van der Waals surface area contributed by atoms with E-state index in [0.29, 0.717) is 6.54 Å². The summed E-state index contributed by atoms with van der Waals surface area (Å²) in [4.78, 5) is 2.11. The van der Waals surface area contributed by atoms with Crippen LogP contribution in [0, 0.1) is 0 Å². The van der Waals surface area contributed by atoms with E-state index in [1.807, 2.05) is 26.2 Å². The molecule has 0 bridgehead atoms. The maximum absolute atomic E-state index is 6.05. The van der Waals surface area contributed by atoms with Crippen molar-refractivity contribution in [2.24, 2.45) is 11.5 Å². The summed E-state index contributed by atoms with van der Waals surface area (Å²) in [7, 11) is 4.09. The maximum Gasteiger partial charge on any atom is 0.0440 e. The Kier molecular flexibility index (Phi) is 3.31. The number of nitrogens with zero attached hydrogens (tertiary/aromatic N) is 1. The van der Waals surface area contributed by atoms with Crippen LogP contribution >= 0.6 is 0 Å². The number of rotatable bonds is 3. The Balaban J connectivity index is 2.70. The highest BCUT2D eigenvalue weighted by molar-refractivity contribution is 5.96. The van der Waals surface area contributed by atoms with Crippen molar-refractivity contribution in [2.75, 3.05) is 25.5 Å². The van der Waals surface area contributed by atoms with Gasteiger partial charge in [-0.2, -0.15) is 0 Å². The van der Waals surface area contributed by atoms with Crippen LogP contribution < -0.4 is 16.4 Å². The molecule has 0 aromatic heterocycles. The minimum absolute atomic E-state index is 0.101. The Hall–Kier alpha value is -1.58. The van der Waals surface area contributed by atoms with Crippen molar-refractivity contribution in [3.63, 3.8) is 0 Å². The molecular formula is C14H19N3. The third kappa shape index (κ3) is 2.12. The van der Waals surface area contributed by atoms with Crippen LogP contribution in [-0.4, -0.2) is 20.6 Å². The number of nitrogens with two attached hydrogens (primary N) is 2. The van der Waals surface area contributed by atoms with E-state index in [-0.39, 0.29) is 6.04 Å². The molecule has 2 aromatic carbocycles. The first-order chi connectivity index (χ1) is 8.15. The van der Waals surface area contributed by atoms with Crippen molar-refractivity contribution in [1.82, 2.24) is 0 Å². The summed E-state index contributed by atoms with van der Waals surface area (Å²) < 4.78 is 0. The van der Waals surface area contributed by atoms with Gasteiger partial charge in [-0.1, -0.05) is 30.3 Å². The Morgan fingerprint density at radius 1 is 1.06 bits per heavy atom. The van der Waals surface area contributed by atoms with E-state index in [4.69, 9.17) is 11.5 Å². The molecule has 2 aromatic rings. The maximum atomic E-state index is 6.05. The van der Waals surface area contributed by atoms with Gasteiger partial charge in [0.25, 0.3) is 0 Å². The monoisotopic (exact) mass is 229 g/mol. The van der Waals surface area contributed by atoms with Crippen LogP contribution in [0.15, 0.2) is 36.4 Å². The first kappa shape index (κ1) is 11.9. The molecule has 0 saturated heterocycles. The first-order valence-corrected chi connectivity index (χ1v) is 5.79. The van der Waals surface area contributed by atoms with Crippen LogP contribution in [0.4, 0.5) is 5.69 Å². The topological polar surface area (TPSA) is 55.3 Å². The third-order valence-corrected chi connectivity index (χ3v) is 3.07. The lowest BCUT2D eigenvalue weighted by Gasteiger charge is -2.19. The average molecular weight is 229 g/mol. The van der Waals surface area contributed by atoms with Gasteiger partial charge in [-0.15, -0.1) is 0 Å². The van der Waals surface area contributed by atoms with Gasteiger partial charge >= 0.3 is 0 Å². The molecule has 0 aliphatic heterocycles. The van der Waals surface area contributed by atoms with Crippen molar-refractivity contribution in [3.05, 3.63) is 42.0 Å². The van der Waals surface area contributed by atoms with Crippen LogP contribution in [0.2, 0.25) is 0 Å². The van der Waals surface area contributed by atoms with Crippen LogP contribution in [0.1, 0.15) is 11.6 Å². The normalized spacial score (nSPS) is 12.7. The zero-order chi connectivity index (χ0) is 12.4. The first-order valence-electron chi connectivity index (χ1n) is 5.79. The molecule has 0 spiro atoms. The fourth-order valence-electron chi connectivity index (χ4n) is 2.15. The minimum Gasteiger partial charge on any atom is -0.377 e. The summed E-state index contributed by atoms with van der Waals surface area (Å²) in [6.45, 7) is 0.464. The molecule has 1 atom stereocenters. The highest BCUT2D eigenvalue weighted by atomic mass is 15.1. The summed E-state index contributed by atoms with van der Waals surface area (Å²) in [5.41, 5.74) is 14.0. The lowest BCUT2D eigenvalue weighted by molar-refractivity contribution is 0.743. The van der Waals surface area contributed by atoms with Gasteiger partial charge in [-0.3, -0.25) is 0 Å². The molecule has 0 amide bonds. The van der Waals surface area contributed by atoms with E-state index < -0.39 is 0 Å². The van der Waals surface area contributed by atoms with Gasteiger partial charge < -0.3 is 16.4 Å². The van der Waals surface area contributed by atoms with Gasteiger partial charge in [-0.05, 0) is 17.0 Å². The average Bonchev–Trinajstić information content (AvgIpc) is 2.36. The predicted molar refractivity (Wildman–Crippen MR) is 74.3 cm³/mol. The standard InChI is InChI=1S/C14H19N3/c1-17(2)14-8-7-11(13(16)9-15)10-5-3-4-6-12(10)14/h3-8,13H,9,15-16H2,1-2H3. The van der Waals surface area contributed by atoms with Crippen LogP contribution in [-0.2, 0) is 0 Å². The van der Waals surface area contributed by atoms with Crippen LogP contribution in [0.25, 0.3) is 10.8 Å². The number of fused-ring (bicyclic) bond motifs is 1.